The number of hydrogen-bond donors (Lipinski definition) is 0. The molecule has 0 bridgehead atoms. The molecule has 0 unspecified atom stereocenters. The predicted octanol–water partition coefficient (Wildman–Crippen LogP) is 3.30. The van der Waals surface area contributed by atoms with Crippen molar-refractivity contribution in [3.63, 3.8) is 0 Å². The van der Waals surface area contributed by atoms with E-state index in [0.717, 1.165) is 28.4 Å². The summed E-state index contributed by atoms with van der Waals surface area (Å²) in [7, 11) is 0. The van der Waals surface area contributed by atoms with Crippen molar-refractivity contribution in [3.05, 3.63) is 70.5 Å². The van der Waals surface area contributed by atoms with Gasteiger partial charge in [-0.05, 0) is 24.1 Å². The first-order valence-corrected chi connectivity index (χ1v) is 9.65. The van der Waals surface area contributed by atoms with Gasteiger partial charge in [0.05, 0.1) is 30.2 Å². The van der Waals surface area contributed by atoms with Crippen molar-refractivity contribution in [1.29, 1.82) is 0 Å². The number of thioether (sulfide) groups is 1. The Labute approximate surface area is 156 Å². The van der Waals surface area contributed by atoms with Crippen molar-refractivity contribution in [1.82, 2.24) is 9.55 Å². The first-order valence-electron chi connectivity index (χ1n) is 8.67. The third-order valence-electron chi connectivity index (χ3n) is 4.38. The molecule has 2 aromatic carbocycles. The van der Waals surface area contributed by atoms with Gasteiger partial charge in [-0.1, -0.05) is 54.2 Å². The molecule has 0 amide bonds. The fourth-order valence-electron chi connectivity index (χ4n) is 2.96. The number of fused-ring (bicyclic) bond motifs is 1. The van der Waals surface area contributed by atoms with Crippen molar-refractivity contribution in [2.24, 2.45) is 0 Å². The zero-order valence-electron chi connectivity index (χ0n) is 14.3. The second-order valence-corrected chi connectivity index (χ2v) is 7.19. The lowest BCUT2D eigenvalue weighted by Crippen LogP contribution is -2.27. The van der Waals surface area contributed by atoms with Crippen LogP contribution in [0.2, 0.25) is 0 Å². The van der Waals surface area contributed by atoms with Gasteiger partial charge in [0.15, 0.2) is 5.16 Å². The number of ether oxygens (including phenoxy) is 2. The highest BCUT2D eigenvalue weighted by Crippen LogP contribution is 2.22. The summed E-state index contributed by atoms with van der Waals surface area (Å²) < 4.78 is 12.6. The van der Waals surface area contributed by atoms with Crippen LogP contribution in [0.3, 0.4) is 0 Å². The van der Waals surface area contributed by atoms with E-state index < -0.39 is 0 Å². The van der Waals surface area contributed by atoms with E-state index in [9.17, 15) is 4.79 Å². The SMILES string of the molecule is O=c1c2ccccc2nc(SC[C@H]2CCOCO2)n1Cc1ccccc1. The number of nitrogens with zero attached hydrogens (tertiary/aromatic N) is 2. The molecule has 5 nitrogen and oxygen atoms in total. The van der Waals surface area contributed by atoms with Gasteiger partial charge in [0.1, 0.15) is 6.79 Å². The molecule has 1 aromatic heterocycles. The molecule has 134 valence electrons. The maximum absolute atomic E-state index is 13.1. The number of aromatic nitrogens is 2. The first-order chi connectivity index (χ1) is 12.8. The molecule has 1 saturated heterocycles. The smallest absolute Gasteiger partial charge is 0.262 e. The zero-order chi connectivity index (χ0) is 17.8. The molecule has 0 N–H and O–H groups in total. The second kappa shape index (κ2) is 8.03. The Morgan fingerprint density at radius 1 is 1.12 bits per heavy atom. The number of rotatable bonds is 5. The summed E-state index contributed by atoms with van der Waals surface area (Å²) in [5.74, 6) is 0.753. The van der Waals surface area contributed by atoms with Gasteiger partial charge < -0.3 is 9.47 Å². The molecule has 3 aromatic rings. The van der Waals surface area contributed by atoms with E-state index in [1.54, 1.807) is 16.3 Å². The second-order valence-electron chi connectivity index (χ2n) is 6.20. The monoisotopic (exact) mass is 368 g/mol. The topological polar surface area (TPSA) is 53.4 Å². The molecule has 1 aliphatic heterocycles. The summed E-state index contributed by atoms with van der Waals surface area (Å²) in [4.78, 5) is 17.8. The molecule has 26 heavy (non-hydrogen) atoms. The maximum Gasteiger partial charge on any atom is 0.262 e. The molecule has 2 heterocycles. The summed E-state index contributed by atoms with van der Waals surface area (Å²) in [5, 5.41) is 1.38. The maximum atomic E-state index is 13.1. The third-order valence-corrected chi connectivity index (χ3v) is 5.49. The quantitative estimate of drug-likeness (QED) is 0.511. The normalized spacial score (nSPS) is 17.5. The van der Waals surface area contributed by atoms with E-state index in [0.29, 0.717) is 25.3 Å². The number of benzene rings is 2. The molecule has 0 spiro atoms. The lowest BCUT2D eigenvalue weighted by atomic mass is 10.2. The van der Waals surface area contributed by atoms with Gasteiger partial charge in [0.2, 0.25) is 0 Å². The van der Waals surface area contributed by atoms with Crippen LogP contribution in [-0.2, 0) is 16.0 Å². The Balaban J connectivity index is 1.68. The van der Waals surface area contributed by atoms with E-state index in [2.05, 4.69) is 0 Å². The highest BCUT2D eigenvalue weighted by molar-refractivity contribution is 7.99. The molecule has 6 heteroatoms. The number of para-hydroxylation sites is 1. The highest BCUT2D eigenvalue weighted by Gasteiger charge is 2.17. The van der Waals surface area contributed by atoms with E-state index >= 15 is 0 Å². The Morgan fingerprint density at radius 2 is 1.92 bits per heavy atom. The van der Waals surface area contributed by atoms with Gasteiger partial charge in [0.25, 0.3) is 5.56 Å². The Bertz CT molecular complexity index is 937. The van der Waals surface area contributed by atoms with Gasteiger partial charge in [-0.15, -0.1) is 0 Å². The molecule has 0 radical (unpaired) electrons. The van der Waals surface area contributed by atoms with Crippen molar-refractivity contribution >= 4 is 22.7 Å². The van der Waals surface area contributed by atoms with Crippen LogP contribution in [0, 0.1) is 0 Å². The van der Waals surface area contributed by atoms with Crippen molar-refractivity contribution in [3.8, 4) is 0 Å². The van der Waals surface area contributed by atoms with Crippen LogP contribution < -0.4 is 5.56 Å². The standard InChI is InChI=1S/C20H20N2O3S/c23-19-17-8-4-5-9-18(17)21-20(26-13-16-10-11-24-14-25-16)22(19)12-15-6-2-1-3-7-15/h1-9,16H,10-14H2/t16-/m1/s1. The van der Waals surface area contributed by atoms with E-state index in [1.165, 1.54) is 0 Å². The minimum Gasteiger partial charge on any atom is -0.355 e. The lowest BCUT2D eigenvalue weighted by Gasteiger charge is -2.22. The summed E-state index contributed by atoms with van der Waals surface area (Å²) in [6, 6.07) is 17.5. The lowest BCUT2D eigenvalue weighted by molar-refractivity contribution is -0.130. The van der Waals surface area contributed by atoms with E-state index in [-0.39, 0.29) is 11.7 Å². The van der Waals surface area contributed by atoms with Crippen LogP contribution in [0.15, 0.2) is 64.5 Å². The van der Waals surface area contributed by atoms with E-state index in [1.807, 2.05) is 54.6 Å². The van der Waals surface area contributed by atoms with Gasteiger partial charge >= 0.3 is 0 Å². The molecular weight excluding hydrogens is 348 g/mol. The van der Waals surface area contributed by atoms with Gasteiger partial charge in [-0.2, -0.15) is 0 Å². The molecule has 4 rings (SSSR count). The minimum atomic E-state index is -0.00477. The number of hydrogen-bond acceptors (Lipinski definition) is 5. The van der Waals surface area contributed by atoms with Crippen LogP contribution in [0.1, 0.15) is 12.0 Å². The molecule has 0 saturated carbocycles. The van der Waals surface area contributed by atoms with Gasteiger partial charge in [-0.25, -0.2) is 4.98 Å². The summed E-state index contributed by atoms with van der Waals surface area (Å²) >= 11 is 1.57. The molecule has 1 atom stereocenters. The average Bonchev–Trinajstić information content (AvgIpc) is 2.70. The summed E-state index contributed by atoms with van der Waals surface area (Å²) in [6.45, 7) is 1.56. The minimum absolute atomic E-state index is 0.00477. The Kier molecular flexibility index (Phi) is 5.34. The molecule has 1 fully saturated rings. The first kappa shape index (κ1) is 17.3. The van der Waals surface area contributed by atoms with Crippen molar-refractivity contribution < 1.29 is 9.47 Å². The molecule has 0 aliphatic carbocycles. The van der Waals surface area contributed by atoms with Crippen LogP contribution in [0.4, 0.5) is 0 Å². The van der Waals surface area contributed by atoms with Crippen LogP contribution in [-0.4, -0.2) is 34.8 Å². The third kappa shape index (κ3) is 3.82. The largest absolute Gasteiger partial charge is 0.355 e. The zero-order valence-corrected chi connectivity index (χ0v) is 15.2. The van der Waals surface area contributed by atoms with Crippen LogP contribution in [0.5, 0.6) is 0 Å². The Morgan fingerprint density at radius 3 is 2.73 bits per heavy atom. The molecular formula is C20H20N2O3S. The van der Waals surface area contributed by atoms with Crippen molar-refractivity contribution in [2.45, 2.75) is 24.2 Å². The van der Waals surface area contributed by atoms with Crippen LogP contribution in [0.25, 0.3) is 10.9 Å². The predicted molar refractivity (Wildman–Crippen MR) is 103 cm³/mol. The Hall–Kier alpha value is -2.15. The fraction of sp³-hybridized carbons (Fsp3) is 0.300. The average molecular weight is 368 g/mol. The van der Waals surface area contributed by atoms with E-state index in [4.69, 9.17) is 14.5 Å². The van der Waals surface area contributed by atoms with Gasteiger partial charge in [0, 0.05) is 5.75 Å². The summed E-state index contributed by atoms with van der Waals surface area (Å²) in [5.41, 5.74) is 1.81. The van der Waals surface area contributed by atoms with Crippen LogP contribution >= 0.6 is 11.8 Å². The highest BCUT2D eigenvalue weighted by atomic mass is 32.2. The van der Waals surface area contributed by atoms with Gasteiger partial charge in [-0.3, -0.25) is 9.36 Å². The summed E-state index contributed by atoms with van der Waals surface area (Å²) in [6.07, 6.45) is 0.992. The molecule has 1 aliphatic rings. The fourth-order valence-corrected chi connectivity index (χ4v) is 4.03. The van der Waals surface area contributed by atoms with Crippen molar-refractivity contribution in [2.75, 3.05) is 19.2 Å².